The molecule has 1 aromatic carbocycles. The van der Waals surface area contributed by atoms with Crippen molar-refractivity contribution in [2.75, 3.05) is 7.11 Å². The molecule has 0 aliphatic heterocycles. The number of aromatic nitrogens is 5. The summed E-state index contributed by atoms with van der Waals surface area (Å²) in [7, 11) is 1.60. The smallest absolute Gasteiger partial charge is 0.237 e. The summed E-state index contributed by atoms with van der Waals surface area (Å²) < 4.78 is 10.6. The molecule has 0 amide bonds. The topological polar surface area (TPSA) is 89.7 Å². The standard InChI is InChI=1S/C16H18ClN5O2S/c1-9(2)6-13-18-14(24-22-13)8-25-16-19-15(20-21-16)11-7-10(17)4-5-12(11)23-3/h4-5,7,9H,6,8H2,1-3H3,(H,19,20,21). The second-order valence-corrected chi connectivity index (χ2v) is 7.18. The maximum absolute atomic E-state index is 6.06. The van der Waals surface area contributed by atoms with E-state index in [0.717, 1.165) is 17.8 Å². The Kier molecular flexibility index (Phi) is 5.60. The molecule has 0 fully saturated rings. The summed E-state index contributed by atoms with van der Waals surface area (Å²) in [6.45, 7) is 4.23. The number of methoxy groups -OCH3 is 1. The van der Waals surface area contributed by atoms with Gasteiger partial charge in [0.2, 0.25) is 11.0 Å². The highest BCUT2D eigenvalue weighted by molar-refractivity contribution is 7.98. The number of halogens is 1. The van der Waals surface area contributed by atoms with Crippen LogP contribution in [0.15, 0.2) is 27.9 Å². The van der Waals surface area contributed by atoms with Crippen LogP contribution in [0.4, 0.5) is 0 Å². The van der Waals surface area contributed by atoms with Gasteiger partial charge in [-0.3, -0.25) is 5.10 Å². The number of nitrogens with one attached hydrogen (secondary N) is 1. The summed E-state index contributed by atoms with van der Waals surface area (Å²) in [6.07, 6.45) is 0.799. The molecular weight excluding hydrogens is 362 g/mol. The molecule has 2 heterocycles. The van der Waals surface area contributed by atoms with E-state index in [2.05, 4.69) is 39.2 Å². The van der Waals surface area contributed by atoms with E-state index in [4.69, 9.17) is 20.9 Å². The van der Waals surface area contributed by atoms with Crippen LogP contribution in [0.1, 0.15) is 25.6 Å². The molecule has 3 rings (SSSR count). The molecule has 2 aromatic heterocycles. The van der Waals surface area contributed by atoms with E-state index in [9.17, 15) is 0 Å². The van der Waals surface area contributed by atoms with Crippen molar-refractivity contribution in [2.24, 2.45) is 5.92 Å². The Balaban J connectivity index is 1.68. The van der Waals surface area contributed by atoms with E-state index in [1.807, 2.05) is 0 Å². The molecule has 0 aliphatic rings. The lowest BCUT2D eigenvalue weighted by Gasteiger charge is -2.05. The summed E-state index contributed by atoms with van der Waals surface area (Å²) in [6, 6.07) is 5.34. The third kappa shape index (κ3) is 4.52. The minimum atomic E-state index is 0.487. The van der Waals surface area contributed by atoms with Crippen LogP contribution in [0.5, 0.6) is 5.75 Å². The second kappa shape index (κ2) is 7.88. The summed E-state index contributed by atoms with van der Waals surface area (Å²) in [4.78, 5) is 8.84. The molecule has 0 spiro atoms. The highest BCUT2D eigenvalue weighted by atomic mass is 35.5. The van der Waals surface area contributed by atoms with E-state index in [1.54, 1.807) is 25.3 Å². The minimum Gasteiger partial charge on any atom is -0.496 e. The number of rotatable bonds is 7. The number of benzene rings is 1. The van der Waals surface area contributed by atoms with Crippen LogP contribution in [-0.4, -0.2) is 32.4 Å². The number of hydrogen-bond acceptors (Lipinski definition) is 7. The largest absolute Gasteiger partial charge is 0.496 e. The molecule has 7 nitrogen and oxygen atoms in total. The lowest BCUT2D eigenvalue weighted by atomic mass is 10.1. The Morgan fingerprint density at radius 1 is 1.32 bits per heavy atom. The van der Waals surface area contributed by atoms with Crippen molar-refractivity contribution in [1.82, 2.24) is 25.3 Å². The first-order valence-electron chi connectivity index (χ1n) is 7.75. The highest BCUT2D eigenvalue weighted by Crippen LogP contribution is 2.31. The predicted molar refractivity (Wildman–Crippen MR) is 95.8 cm³/mol. The maximum Gasteiger partial charge on any atom is 0.237 e. The van der Waals surface area contributed by atoms with Crippen molar-refractivity contribution in [3.05, 3.63) is 34.9 Å². The van der Waals surface area contributed by atoms with Gasteiger partial charge in [-0.05, 0) is 24.1 Å². The van der Waals surface area contributed by atoms with Gasteiger partial charge >= 0.3 is 0 Å². The summed E-state index contributed by atoms with van der Waals surface area (Å²) in [5, 5.41) is 12.3. The molecule has 0 unspecified atom stereocenters. The first kappa shape index (κ1) is 17.8. The molecule has 0 radical (unpaired) electrons. The lowest BCUT2D eigenvalue weighted by Crippen LogP contribution is -1.96. The zero-order chi connectivity index (χ0) is 17.8. The van der Waals surface area contributed by atoms with Crippen molar-refractivity contribution in [1.29, 1.82) is 0 Å². The first-order chi connectivity index (χ1) is 12.0. The molecule has 132 valence electrons. The van der Waals surface area contributed by atoms with Crippen LogP contribution in [0.25, 0.3) is 11.4 Å². The van der Waals surface area contributed by atoms with Gasteiger partial charge in [-0.25, -0.2) is 4.98 Å². The van der Waals surface area contributed by atoms with Gasteiger partial charge < -0.3 is 9.26 Å². The van der Waals surface area contributed by atoms with Crippen LogP contribution in [-0.2, 0) is 12.2 Å². The van der Waals surface area contributed by atoms with Crippen LogP contribution in [0.3, 0.4) is 0 Å². The van der Waals surface area contributed by atoms with Crippen LogP contribution in [0, 0.1) is 5.92 Å². The monoisotopic (exact) mass is 379 g/mol. The van der Waals surface area contributed by atoms with Crippen molar-refractivity contribution < 1.29 is 9.26 Å². The maximum atomic E-state index is 6.06. The second-order valence-electron chi connectivity index (χ2n) is 5.80. The zero-order valence-corrected chi connectivity index (χ0v) is 15.7. The van der Waals surface area contributed by atoms with Gasteiger partial charge in [0.15, 0.2) is 11.6 Å². The molecule has 25 heavy (non-hydrogen) atoms. The fraction of sp³-hybridized carbons (Fsp3) is 0.375. The molecule has 0 atom stereocenters. The van der Waals surface area contributed by atoms with E-state index in [1.165, 1.54) is 11.8 Å². The quantitative estimate of drug-likeness (QED) is 0.620. The Morgan fingerprint density at radius 2 is 2.16 bits per heavy atom. The number of nitrogens with zero attached hydrogens (tertiary/aromatic N) is 4. The normalized spacial score (nSPS) is 11.2. The summed E-state index contributed by atoms with van der Waals surface area (Å²) in [5.41, 5.74) is 0.756. The SMILES string of the molecule is COc1ccc(Cl)cc1-c1nc(SCc2nc(CC(C)C)no2)n[nH]1. The van der Waals surface area contributed by atoms with Gasteiger partial charge in [0.05, 0.1) is 18.4 Å². The van der Waals surface area contributed by atoms with Gasteiger partial charge in [-0.1, -0.05) is 42.4 Å². The van der Waals surface area contributed by atoms with Crippen molar-refractivity contribution in [3.63, 3.8) is 0 Å². The number of ether oxygens (including phenoxy) is 1. The van der Waals surface area contributed by atoms with E-state index in [0.29, 0.717) is 39.3 Å². The Morgan fingerprint density at radius 3 is 2.92 bits per heavy atom. The van der Waals surface area contributed by atoms with Gasteiger partial charge in [0, 0.05) is 11.4 Å². The summed E-state index contributed by atoms with van der Waals surface area (Å²) in [5.74, 6) is 3.55. The van der Waals surface area contributed by atoms with E-state index >= 15 is 0 Å². The Hall–Kier alpha value is -2.06. The van der Waals surface area contributed by atoms with Crippen molar-refractivity contribution >= 4 is 23.4 Å². The lowest BCUT2D eigenvalue weighted by molar-refractivity contribution is 0.382. The van der Waals surface area contributed by atoms with E-state index < -0.39 is 0 Å². The molecule has 0 bridgehead atoms. The predicted octanol–water partition coefficient (Wildman–Crippen LogP) is 4.01. The average Bonchev–Trinajstić information content (AvgIpc) is 3.21. The average molecular weight is 380 g/mol. The molecular formula is C16H18ClN5O2S. The van der Waals surface area contributed by atoms with Crippen LogP contribution in [0.2, 0.25) is 5.02 Å². The first-order valence-corrected chi connectivity index (χ1v) is 9.12. The van der Waals surface area contributed by atoms with Crippen LogP contribution < -0.4 is 4.74 Å². The van der Waals surface area contributed by atoms with Gasteiger partial charge in [0.1, 0.15) is 5.75 Å². The number of thioether (sulfide) groups is 1. The minimum absolute atomic E-state index is 0.487. The molecule has 9 heteroatoms. The number of hydrogen-bond donors (Lipinski definition) is 1. The van der Waals surface area contributed by atoms with Crippen LogP contribution >= 0.6 is 23.4 Å². The highest BCUT2D eigenvalue weighted by Gasteiger charge is 2.14. The Bertz CT molecular complexity index is 849. The molecule has 0 saturated heterocycles. The van der Waals surface area contributed by atoms with E-state index in [-0.39, 0.29) is 0 Å². The fourth-order valence-corrected chi connectivity index (χ4v) is 3.03. The third-order valence-corrected chi connectivity index (χ3v) is 4.37. The zero-order valence-electron chi connectivity index (χ0n) is 14.1. The van der Waals surface area contributed by atoms with Gasteiger partial charge in [-0.2, -0.15) is 4.98 Å². The van der Waals surface area contributed by atoms with Gasteiger partial charge in [-0.15, -0.1) is 5.10 Å². The third-order valence-electron chi connectivity index (χ3n) is 3.31. The molecule has 3 aromatic rings. The number of aromatic amines is 1. The summed E-state index contributed by atoms with van der Waals surface area (Å²) >= 11 is 7.47. The Labute approximate surface area is 154 Å². The van der Waals surface area contributed by atoms with Crippen molar-refractivity contribution in [3.8, 4) is 17.1 Å². The molecule has 0 aliphatic carbocycles. The van der Waals surface area contributed by atoms with Crippen molar-refractivity contribution in [2.45, 2.75) is 31.2 Å². The molecule has 0 saturated carbocycles. The number of H-pyrrole nitrogens is 1. The van der Waals surface area contributed by atoms with Gasteiger partial charge in [0.25, 0.3) is 0 Å². The molecule has 1 N–H and O–H groups in total. The fourth-order valence-electron chi connectivity index (χ4n) is 2.22.